The van der Waals surface area contributed by atoms with Crippen molar-refractivity contribution in [2.75, 3.05) is 0 Å². The number of carboxylic acid groups (broad SMARTS) is 1. The van der Waals surface area contributed by atoms with Crippen LogP contribution in [0.15, 0.2) is 53.6 Å². The van der Waals surface area contributed by atoms with Gasteiger partial charge in [-0.2, -0.15) is 0 Å². The number of aliphatic hydroxyl groups is 2. The summed E-state index contributed by atoms with van der Waals surface area (Å²) >= 11 is 0. The second-order valence-corrected chi connectivity index (χ2v) is 32.4. The first-order valence-electron chi connectivity index (χ1n) is 32.1. The predicted molar refractivity (Wildman–Crippen MR) is 315 cm³/mol. The molecule has 4 unspecified atom stereocenters. The zero-order valence-electron chi connectivity index (χ0n) is 52.2. The van der Waals surface area contributed by atoms with E-state index in [1.165, 1.54) is 24.1 Å². The highest BCUT2D eigenvalue weighted by Crippen LogP contribution is 2.79. The van der Waals surface area contributed by atoms with E-state index in [0.29, 0.717) is 43.9 Å². The number of ketones is 1. The van der Waals surface area contributed by atoms with Gasteiger partial charge in [-0.05, 0) is 225 Å². The topological polar surface area (TPSA) is 168 Å². The van der Waals surface area contributed by atoms with Crippen molar-refractivity contribution in [3.05, 3.63) is 59.2 Å². The van der Waals surface area contributed by atoms with Gasteiger partial charge in [-0.25, -0.2) is 0 Å². The lowest BCUT2D eigenvalue weighted by Crippen LogP contribution is -2.73. The number of fused-ring (bicyclic) bond motifs is 14. The maximum atomic E-state index is 16.3. The number of phenols is 1. The number of allylic oxidation sites excluding steroid dienone is 4. The third-order valence-corrected chi connectivity index (χ3v) is 29.4. The summed E-state index contributed by atoms with van der Waals surface area (Å²) in [4.78, 5) is 57.7. The molecule has 0 aliphatic heterocycles. The fourth-order valence-corrected chi connectivity index (χ4v) is 23.9. The van der Waals surface area contributed by atoms with Crippen molar-refractivity contribution in [1.29, 1.82) is 0 Å². The lowest BCUT2D eigenvalue weighted by Gasteiger charge is -2.73. The normalized spacial score (nSPS) is 50.2. The monoisotopic (exact) mass is 1110 g/mol. The Morgan fingerprint density at radius 3 is 1.60 bits per heavy atom. The van der Waals surface area contributed by atoms with Gasteiger partial charge in [-0.15, -0.1) is 0 Å². The molecule has 10 heteroatoms. The zero-order chi connectivity index (χ0) is 59.1. The Morgan fingerprint density at radius 1 is 0.580 bits per heavy atom. The Bertz CT molecular complexity index is 2860. The minimum absolute atomic E-state index is 0.0121. The van der Waals surface area contributed by atoms with Crippen molar-refractivity contribution in [2.45, 2.75) is 231 Å². The number of aliphatic carboxylic acids is 1. The third kappa shape index (κ3) is 7.47. The molecule has 0 amide bonds. The molecule has 0 bridgehead atoms. The van der Waals surface area contributed by atoms with Gasteiger partial charge in [0.2, 0.25) is 0 Å². The van der Waals surface area contributed by atoms with Gasteiger partial charge in [0.25, 0.3) is 5.79 Å². The lowest BCUT2D eigenvalue weighted by atomic mass is 9.32. The number of hydrogen-bond donors (Lipinski definition) is 4. The maximum Gasteiger partial charge on any atom is 0.316 e. The van der Waals surface area contributed by atoms with Crippen molar-refractivity contribution in [3.8, 4) is 5.75 Å². The quantitative estimate of drug-likeness (QED) is 0.0893. The molecule has 81 heavy (non-hydrogen) atoms. The van der Waals surface area contributed by atoms with E-state index in [1.54, 1.807) is 30.3 Å². The Hall–Kier alpha value is -3.76. The molecule has 0 aromatic heterocycles. The number of hydrogen-bond acceptors (Lipinski definition) is 9. The van der Waals surface area contributed by atoms with Crippen LogP contribution in [0.3, 0.4) is 0 Å². The van der Waals surface area contributed by atoms with Crippen molar-refractivity contribution in [3.63, 3.8) is 0 Å². The van der Waals surface area contributed by atoms with Crippen LogP contribution in [0, 0.1) is 113 Å². The van der Waals surface area contributed by atoms with Crippen LogP contribution in [-0.2, 0) is 28.7 Å². The van der Waals surface area contributed by atoms with Gasteiger partial charge in [-0.3, -0.25) is 19.2 Å². The molecule has 8 fully saturated rings. The molecular weight excluding hydrogens is 1010 g/mol. The summed E-state index contributed by atoms with van der Waals surface area (Å²) in [5, 5.41) is 46.7. The number of carboxylic acids is 1. The summed E-state index contributed by atoms with van der Waals surface area (Å²) in [7, 11) is 0. The molecule has 10 nitrogen and oxygen atoms in total. The SMILES string of the molecule is CC(=O)O[C@]1(OC(=O)[C@]23CC[C@@H](C)[C@H](C)[C@H]2C2=CCC4[C@@]5(C)CC[C@@](O)(C(=O)C=Cc6ccc(O)cc6)C(C)(C)C5CC[C@@]4(C)[C@]2(C)CC3)C(O)C[C@@]2(C)C(CC[C@]3(C)[C@@H]2CC=C2[C@@H]4[C@@H](C)[C@H](C)CC[C@]4(C(=O)O)CC[C@]23C)C1(C)C. The number of phenolic OH excluding ortho intramolecular Hbond substituents is 1. The van der Waals surface area contributed by atoms with Crippen LogP contribution in [0.25, 0.3) is 6.08 Å². The maximum absolute atomic E-state index is 16.3. The molecule has 21 atom stereocenters. The van der Waals surface area contributed by atoms with Gasteiger partial charge < -0.3 is 29.9 Å². The molecule has 1 aromatic rings. The van der Waals surface area contributed by atoms with Crippen molar-refractivity contribution >= 4 is 29.8 Å². The molecule has 11 rings (SSSR count). The van der Waals surface area contributed by atoms with E-state index in [4.69, 9.17) is 9.47 Å². The van der Waals surface area contributed by atoms with Crippen LogP contribution in [0.1, 0.15) is 219 Å². The summed E-state index contributed by atoms with van der Waals surface area (Å²) in [6.07, 6.45) is 19.6. The fraction of sp³-hybridized carbons (Fsp3) is 0.775. The van der Waals surface area contributed by atoms with Crippen LogP contribution >= 0.6 is 0 Å². The molecule has 1 aromatic carbocycles. The van der Waals surface area contributed by atoms with Gasteiger partial charge in [0.1, 0.15) is 17.5 Å². The summed E-state index contributed by atoms with van der Waals surface area (Å²) in [6, 6.07) is 6.72. The molecule has 8 saturated carbocycles. The molecule has 10 aliphatic rings. The van der Waals surface area contributed by atoms with E-state index in [2.05, 4.69) is 109 Å². The average Bonchev–Trinajstić information content (AvgIpc) is 1.74. The highest BCUT2D eigenvalue weighted by molar-refractivity contribution is 6.00. The molecule has 0 saturated heterocycles. The third-order valence-electron chi connectivity index (χ3n) is 29.4. The number of esters is 2. The van der Waals surface area contributed by atoms with Gasteiger partial charge >= 0.3 is 17.9 Å². The van der Waals surface area contributed by atoms with Crippen LogP contribution in [0.2, 0.25) is 0 Å². The lowest BCUT2D eigenvalue weighted by molar-refractivity contribution is -0.359. The molecular formula is C71H102O10. The fourth-order valence-electron chi connectivity index (χ4n) is 23.9. The number of aliphatic hydroxyl groups excluding tert-OH is 1. The zero-order valence-corrected chi connectivity index (χ0v) is 52.2. The number of benzene rings is 1. The Morgan fingerprint density at radius 2 is 1.07 bits per heavy atom. The van der Waals surface area contributed by atoms with E-state index in [0.717, 1.165) is 82.6 Å². The summed E-state index contributed by atoms with van der Waals surface area (Å²) in [5.74, 6) is -2.07. The molecule has 446 valence electrons. The highest BCUT2D eigenvalue weighted by atomic mass is 16.7. The molecule has 4 N–H and O–H groups in total. The van der Waals surface area contributed by atoms with Crippen LogP contribution in [0.5, 0.6) is 5.75 Å². The number of carbonyl (C=O) groups excluding carboxylic acids is 3. The van der Waals surface area contributed by atoms with E-state index in [-0.39, 0.29) is 91.9 Å². The second-order valence-electron chi connectivity index (χ2n) is 32.4. The number of aromatic hydroxyl groups is 1. The van der Waals surface area contributed by atoms with Gasteiger partial charge in [-0.1, -0.05) is 138 Å². The van der Waals surface area contributed by atoms with Gasteiger partial charge in [0.05, 0.1) is 10.8 Å². The van der Waals surface area contributed by atoms with E-state index in [1.807, 2.05) is 0 Å². The number of rotatable bonds is 7. The molecule has 0 spiro atoms. The second kappa shape index (κ2) is 18.6. The van der Waals surface area contributed by atoms with Crippen molar-refractivity contribution < 1.29 is 49.1 Å². The highest BCUT2D eigenvalue weighted by Gasteiger charge is 2.77. The molecule has 0 heterocycles. The molecule has 0 radical (unpaired) electrons. The van der Waals surface area contributed by atoms with E-state index < -0.39 is 56.5 Å². The van der Waals surface area contributed by atoms with Crippen LogP contribution < -0.4 is 0 Å². The first-order chi connectivity index (χ1) is 37.6. The van der Waals surface area contributed by atoms with Crippen molar-refractivity contribution in [1.82, 2.24) is 0 Å². The minimum atomic E-state index is -1.93. The Balaban J connectivity index is 0.903. The van der Waals surface area contributed by atoms with E-state index in [9.17, 15) is 34.8 Å². The summed E-state index contributed by atoms with van der Waals surface area (Å²) in [6.45, 7) is 33.8. The Labute approximate surface area is 485 Å². The van der Waals surface area contributed by atoms with Crippen LogP contribution in [0.4, 0.5) is 0 Å². The van der Waals surface area contributed by atoms with Crippen LogP contribution in [-0.4, -0.2) is 61.6 Å². The summed E-state index contributed by atoms with van der Waals surface area (Å²) < 4.78 is 13.8. The largest absolute Gasteiger partial charge is 0.508 e. The first-order valence-corrected chi connectivity index (χ1v) is 32.1. The average molecular weight is 1120 g/mol. The first kappa shape index (κ1) is 59.0. The standard InChI is InChI=1S/C71H102O10/c1-41-26-32-68(58(76)77)37-35-64(12)48(56(68)43(41)3)22-24-53-63(11)40-55(75)71(80-45(5)72,61(8,9)51(63)29-31-67(53,64)15)81-59(78)69-33-27-42(2)44(4)57(69)49-21-23-52-62(10)34-39-70(79,54(74)25-18-46-16-19-47(73)20-17-46)60(6,7)50(62)28-30-66(52,14)65(49,13)36-38-69/h16-22,25,41-44,50-53,55-57,73,75,79H,23-24,26-40H2,1-15H3,(H,76,77)/t41-,42-,43+,44+,50?,51?,52?,53-,55?,56+,57+,62+,63+,64-,65-,66-,67-,68+,69+,70-,71+/m1/s1. The molecule has 10 aliphatic carbocycles. The Kier molecular flexibility index (Phi) is 13.6. The minimum Gasteiger partial charge on any atom is -0.508 e. The van der Waals surface area contributed by atoms with E-state index >= 15 is 4.79 Å². The summed E-state index contributed by atoms with van der Waals surface area (Å²) in [5.41, 5.74) is -2.72. The smallest absolute Gasteiger partial charge is 0.316 e. The number of carbonyl (C=O) groups is 4. The van der Waals surface area contributed by atoms with Gasteiger partial charge in [0.15, 0.2) is 5.78 Å². The predicted octanol–water partition coefficient (Wildman–Crippen LogP) is 14.9. The number of ether oxygens (including phenoxy) is 2. The van der Waals surface area contributed by atoms with Crippen molar-refractivity contribution in [2.24, 2.45) is 113 Å². The van der Waals surface area contributed by atoms with Gasteiger partial charge in [0, 0.05) is 17.8 Å².